The summed E-state index contributed by atoms with van der Waals surface area (Å²) in [5.41, 5.74) is 0. The Labute approximate surface area is 137 Å². The first-order chi connectivity index (χ1) is 12.4. The molecule has 2 N–H and O–H groups in total. The highest BCUT2D eigenvalue weighted by atomic mass is 32.2. The fourth-order valence-electron chi connectivity index (χ4n) is 1.46. The minimum atomic E-state index is -3.03. The summed E-state index contributed by atoms with van der Waals surface area (Å²) in [6, 6.07) is 3.70. The largest absolute Gasteiger partial charge is 0.464 e. The van der Waals surface area contributed by atoms with Crippen LogP contribution in [0.1, 0.15) is 17.0 Å². The summed E-state index contributed by atoms with van der Waals surface area (Å²) >= 11 is 1.38. The lowest BCUT2D eigenvalue weighted by atomic mass is 10.4. The van der Waals surface area contributed by atoms with Crippen LogP contribution in [-0.2, 0) is 12.3 Å². The average Bonchev–Trinajstić information content (AvgIpc) is 2.97. The predicted octanol–water partition coefficient (Wildman–Crippen LogP) is 1.46. The first-order valence-electron chi connectivity index (χ1n) is 9.03. The zero-order chi connectivity index (χ0) is 20.8. The predicted molar refractivity (Wildman–Crippen MR) is 84.4 cm³/mol. The van der Waals surface area contributed by atoms with Crippen LogP contribution in [0.15, 0.2) is 28.5 Å². The van der Waals surface area contributed by atoms with Crippen LogP contribution in [0, 0.1) is 10.1 Å². The molecule has 0 unspecified atom stereocenters. The van der Waals surface area contributed by atoms with Crippen molar-refractivity contribution in [2.24, 2.45) is 0 Å². The van der Waals surface area contributed by atoms with Gasteiger partial charge in [0.15, 0.2) is 10.0 Å². The third-order valence-corrected chi connectivity index (χ3v) is 3.19. The second-order valence-corrected chi connectivity index (χ2v) is 5.45. The van der Waals surface area contributed by atoms with Gasteiger partial charge in [-0.05, 0) is 26.2 Å². The molecule has 0 radical (unpaired) electrons. The van der Waals surface area contributed by atoms with Gasteiger partial charge in [-0.3, -0.25) is 10.1 Å². The molecule has 7 nitrogen and oxygen atoms in total. The maximum atomic E-state index is 10.8. The van der Waals surface area contributed by atoms with Crippen molar-refractivity contribution >= 4 is 11.8 Å². The molecule has 1 aromatic heterocycles. The molecule has 0 aromatic carbocycles. The van der Waals surface area contributed by atoms with Crippen LogP contribution in [0.25, 0.3) is 0 Å². The number of nitrogens with one attached hydrogen (secondary N) is 2. The molecule has 0 aliphatic heterocycles. The van der Waals surface area contributed by atoms with Crippen molar-refractivity contribution in [2.45, 2.75) is 12.3 Å². The summed E-state index contributed by atoms with van der Waals surface area (Å²) in [6.07, 6.45) is -1.32. The fraction of sp³-hybridized carbons (Fsp3) is 0.538. The van der Waals surface area contributed by atoms with Crippen molar-refractivity contribution in [1.29, 1.82) is 0 Å². The van der Waals surface area contributed by atoms with Crippen LogP contribution in [0.4, 0.5) is 0 Å². The third kappa shape index (κ3) is 7.62. The molecule has 0 saturated heterocycles. The summed E-state index contributed by atoms with van der Waals surface area (Å²) in [7, 11) is 3.84. The van der Waals surface area contributed by atoms with Gasteiger partial charge in [0.25, 0.3) is 6.18 Å². The first-order valence-corrected chi connectivity index (χ1v) is 7.29. The zero-order valence-electron chi connectivity index (χ0n) is 17.9. The van der Waals surface area contributed by atoms with E-state index >= 15 is 0 Å². The highest BCUT2D eigenvalue weighted by Crippen LogP contribution is 2.15. The van der Waals surface area contributed by atoms with Crippen LogP contribution in [0.5, 0.6) is 0 Å². The van der Waals surface area contributed by atoms with Gasteiger partial charge < -0.3 is 19.9 Å². The number of furan rings is 1. The smallest absolute Gasteiger partial charge is 0.274 e. The lowest BCUT2D eigenvalue weighted by molar-refractivity contribution is -0.404. The molecule has 0 amide bonds. The molecule has 118 valence electrons. The van der Waals surface area contributed by atoms with E-state index in [2.05, 4.69) is 0 Å². The van der Waals surface area contributed by atoms with E-state index in [1.165, 1.54) is 11.8 Å². The SMILES string of the molecule is [2H]/C(=C(\N([2H])CCSCc1ccc(CN(C)C)o1)N([2H])C([2H])([2H])[2H])[N+](=O)[O-]. The summed E-state index contributed by atoms with van der Waals surface area (Å²) in [5.74, 6) is 1.46. The lowest BCUT2D eigenvalue weighted by Crippen LogP contribution is -2.26. The topological polar surface area (TPSA) is 83.6 Å². The molecule has 1 rings (SSSR count). The van der Waals surface area contributed by atoms with E-state index in [0.717, 1.165) is 11.5 Å². The molecule has 0 spiro atoms. The highest BCUT2D eigenvalue weighted by Gasteiger charge is 2.04. The monoisotopic (exact) mass is 320 g/mol. The van der Waals surface area contributed by atoms with Crippen molar-refractivity contribution in [3.63, 3.8) is 0 Å². The molecule has 1 aromatic rings. The number of nitro groups is 1. The van der Waals surface area contributed by atoms with E-state index in [-0.39, 0.29) is 11.9 Å². The van der Waals surface area contributed by atoms with E-state index in [0.29, 0.717) is 23.4 Å². The maximum absolute atomic E-state index is 10.8. The fourth-order valence-corrected chi connectivity index (χ4v) is 2.18. The molecule has 0 aliphatic rings. The van der Waals surface area contributed by atoms with Crippen LogP contribution in [0.3, 0.4) is 0 Å². The van der Waals surface area contributed by atoms with Crippen LogP contribution >= 0.6 is 11.8 Å². The minimum Gasteiger partial charge on any atom is -0.464 e. The van der Waals surface area contributed by atoms with Gasteiger partial charge in [0, 0.05) is 23.4 Å². The molecule has 1 heterocycles. The van der Waals surface area contributed by atoms with Crippen molar-refractivity contribution < 1.29 is 17.6 Å². The molecule has 0 atom stereocenters. The Morgan fingerprint density at radius 2 is 2.43 bits per heavy atom. The molecular weight excluding hydrogens is 292 g/mol. The first kappa shape index (κ1) is 10.1. The Morgan fingerprint density at radius 1 is 1.67 bits per heavy atom. The van der Waals surface area contributed by atoms with Gasteiger partial charge in [0.05, 0.1) is 17.2 Å². The van der Waals surface area contributed by atoms with Crippen molar-refractivity contribution in [2.75, 3.05) is 33.4 Å². The van der Waals surface area contributed by atoms with Crippen molar-refractivity contribution in [3.8, 4) is 0 Å². The Morgan fingerprint density at radius 3 is 3.10 bits per heavy atom. The second-order valence-electron chi connectivity index (χ2n) is 4.34. The third-order valence-electron chi connectivity index (χ3n) is 2.23. The van der Waals surface area contributed by atoms with Crippen LogP contribution < -0.4 is 10.6 Å². The van der Waals surface area contributed by atoms with Gasteiger partial charge in [-0.2, -0.15) is 11.8 Å². The normalized spacial score (nSPS) is 16.9. The zero-order valence-corrected chi connectivity index (χ0v) is 12.7. The maximum Gasteiger partial charge on any atom is 0.274 e. The number of thioether (sulfide) groups is 1. The lowest BCUT2D eigenvalue weighted by Gasteiger charge is -2.07. The van der Waals surface area contributed by atoms with Gasteiger partial charge >= 0.3 is 0 Å². The van der Waals surface area contributed by atoms with E-state index < -0.39 is 23.9 Å². The molecule has 8 heteroatoms. The summed E-state index contributed by atoms with van der Waals surface area (Å²) in [6.45, 7) is -2.46. The van der Waals surface area contributed by atoms with E-state index in [4.69, 9.17) is 12.7 Å². The Bertz CT molecular complexity index is 667. The van der Waals surface area contributed by atoms with Crippen molar-refractivity contribution in [3.05, 3.63) is 45.8 Å². The summed E-state index contributed by atoms with van der Waals surface area (Å²) in [4.78, 5) is 11.6. The second kappa shape index (κ2) is 9.30. The molecule has 0 bridgehead atoms. The summed E-state index contributed by atoms with van der Waals surface area (Å²) in [5, 5.41) is 11.1. The van der Waals surface area contributed by atoms with Gasteiger partial charge in [0.2, 0.25) is 0 Å². The number of rotatable bonds is 10. The number of hydrogen-bond donors (Lipinski definition) is 2. The summed E-state index contributed by atoms with van der Waals surface area (Å²) < 4.78 is 49.9. The highest BCUT2D eigenvalue weighted by molar-refractivity contribution is 7.98. The quantitative estimate of drug-likeness (QED) is 0.383. The average molecular weight is 320 g/mol. The van der Waals surface area contributed by atoms with Crippen LogP contribution in [0.2, 0.25) is 2.82 Å². The standard InChI is InChI=1S/C13H22N4O3S/c1-14-13(9-17(18)19)15-6-7-21-10-12-5-4-11(20-12)8-16(2)3/h4-5,9,14-15H,6-8,10H2,1-3H3/b13-9+/i1D3,9D/hD2. The molecule has 0 aliphatic carbocycles. The van der Waals surface area contributed by atoms with E-state index in [1.807, 2.05) is 31.1 Å². The molecule has 0 saturated carbocycles. The van der Waals surface area contributed by atoms with Crippen molar-refractivity contribution in [1.82, 2.24) is 15.5 Å². The minimum absolute atomic E-state index is 0.104. The van der Waals surface area contributed by atoms with Gasteiger partial charge in [-0.15, -0.1) is 0 Å². The van der Waals surface area contributed by atoms with E-state index in [9.17, 15) is 10.1 Å². The number of nitrogens with zero attached hydrogens (tertiary/aromatic N) is 2. The molecule has 21 heavy (non-hydrogen) atoms. The van der Waals surface area contributed by atoms with E-state index in [1.54, 1.807) is 0 Å². The Balaban J connectivity index is 2.64. The Hall–Kier alpha value is -1.67. The molecule has 0 fully saturated rings. The van der Waals surface area contributed by atoms with Gasteiger partial charge in [-0.1, -0.05) is 0 Å². The Kier molecular flexibility index (Phi) is 4.48. The number of hydrogen-bond acceptors (Lipinski definition) is 7. The molecular formula is C13H22N4O3S. The van der Waals surface area contributed by atoms with Crippen LogP contribution in [-0.4, -0.2) is 43.2 Å². The van der Waals surface area contributed by atoms with Gasteiger partial charge in [-0.25, -0.2) is 0 Å². The van der Waals surface area contributed by atoms with Gasteiger partial charge in [0.1, 0.15) is 11.5 Å².